The van der Waals surface area contributed by atoms with Crippen LogP contribution in [0.3, 0.4) is 0 Å². The van der Waals surface area contributed by atoms with Crippen LogP contribution in [-0.4, -0.2) is 35.7 Å². The molecule has 0 aromatic heterocycles. The van der Waals surface area contributed by atoms with E-state index in [1.807, 2.05) is 24.3 Å². The van der Waals surface area contributed by atoms with Crippen molar-refractivity contribution < 1.29 is 24.2 Å². The highest BCUT2D eigenvalue weighted by Crippen LogP contribution is 2.40. The largest absolute Gasteiger partial charge is 0.490 e. The molecule has 6 heteroatoms. The third-order valence-corrected chi connectivity index (χ3v) is 6.39. The van der Waals surface area contributed by atoms with Gasteiger partial charge >= 0.3 is 5.97 Å². The summed E-state index contributed by atoms with van der Waals surface area (Å²) in [6, 6.07) is 20.4. The zero-order chi connectivity index (χ0) is 22.7. The second kappa shape index (κ2) is 9.18. The number of ketones is 1. The molecule has 1 heterocycles. The molecule has 0 atom stereocenters. The molecule has 3 aromatic rings. The van der Waals surface area contributed by atoms with Crippen molar-refractivity contribution in [2.24, 2.45) is 0 Å². The maximum absolute atomic E-state index is 12.7. The van der Waals surface area contributed by atoms with E-state index >= 15 is 0 Å². The smallest absolute Gasteiger partial charge is 0.338 e. The van der Waals surface area contributed by atoms with Crippen LogP contribution in [0.15, 0.2) is 76.5 Å². The van der Waals surface area contributed by atoms with Crippen LogP contribution < -0.4 is 4.74 Å². The van der Waals surface area contributed by atoms with Crippen molar-refractivity contribution in [1.82, 2.24) is 0 Å². The predicted molar refractivity (Wildman–Crippen MR) is 123 cm³/mol. The van der Waals surface area contributed by atoms with Crippen molar-refractivity contribution in [1.29, 1.82) is 0 Å². The lowest BCUT2D eigenvalue weighted by Gasteiger charge is -2.21. The first kappa shape index (κ1) is 22.1. The van der Waals surface area contributed by atoms with Crippen molar-refractivity contribution in [2.45, 2.75) is 35.7 Å². The van der Waals surface area contributed by atoms with Crippen LogP contribution in [0.1, 0.15) is 45.7 Å². The van der Waals surface area contributed by atoms with Crippen LogP contribution >= 0.6 is 11.8 Å². The van der Waals surface area contributed by atoms with Gasteiger partial charge in [0.25, 0.3) is 0 Å². The Bertz CT molecular complexity index is 1150. The number of carbonyl (C=O) groups excluding carboxylic acids is 2. The highest BCUT2D eigenvalue weighted by Gasteiger charge is 2.25. The summed E-state index contributed by atoms with van der Waals surface area (Å²) in [5, 5.41) is 9.82. The number of Topliss-reactive ketones (excluding diaryl/α,β-unsaturated/α-hetero) is 1. The van der Waals surface area contributed by atoms with Crippen LogP contribution in [0.2, 0.25) is 0 Å². The van der Waals surface area contributed by atoms with Crippen LogP contribution in [0, 0.1) is 0 Å². The Morgan fingerprint density at radius 3 is 2.41 bits per heavy atom. The summed E-state index contributed by atoms with van der Waals surface area (Å²) in [4.78, 5) is 27.1. The number of rotatable bonds is 7. The second-order valence-corrected chi connectivity index (χ2v) is 9.15. The minimum atomic E-state index is -1.42. The van der Waals surface area contributed by atoms with Gasteiger partial charge in [-0.1, -0.05) is 36.0 Å². The van der Waals surface area contributed by atoms with E-state index in [1.165, 1.54) is 24.3 Å². The average molecular weight is 449 g/mol. The van der Waals surface area contributed by atoms with Crippen molar-refractivity contribution in [3.8, 4) is 5.75 Å². The molecule has 0 fully saturated rings. The van der Waals surface area contributed by atoms with Gasteiger partial charge in [-0.3, -0.25) is 4.79 Å². The summed E-state index contributed by atoms with van der Waals surface area (Å²) in [6.07, 6.45) is 0.704. The molecule has 0 bridgehead atoms. The van der Waals surface area contributed by atoms with Crippen molar-refractivity contribution in [3.63, 3.8) is 0 Å². The number of carbonyl (C=O) groups is 2. The number of benzene rings is 3. The van der Waals surface area contributed by atoms with Crippen LogP contribution in [0.5, 0.6) is 5.75 Å². The molecular weight excluding hydrogens is 424 g/mol. The third-order valence-electron chi connectivity index (χ3n) is 5.17. The first-order valence-corrected chi connectivity index (χ1v) is 11.2. The minimum Gasteiger partial charge on any atom is -0.490 e. The molecule has 4 rings (SSSR count). The van der Waals surface area contributed by atoms with Crippen LogP contribution in [-0.2, 0) is 11.2 Å². The van der Waals surface area contributed by atoms with Crippen LogP contribution in [0.4, 0.5) is 0 Å². The Labute approximate surface area is 191 Å². The predicted octanol–water partition coefficient (Wildman–Crippen LogP) is 4.93. The second-order valence-electron chi connectivity index (χ2n) is 8.07. The topological polar surface area (TPSA) is 72.8 Å². The molecular formula is C26H24O5S. The van der Waals surface area contributed by atoms with Crippen molar-refractivity contribution >= 4 is 23.5 Å². The number of ether oxygens (including phenoxy) is 2. The van der Waals surface area contributed by atoms with E-state index in [1.54, 1.807) is 42.1 Å². The van der Waals surface area contributed by atoms with E-state index in [9.17, 15) is 14.7 Å². The van der Waals surface area contributed by atoms with Gasteiger partial charge in [-0.25, -0.2) is 4.79 Å². The van der Waals surface area contributed by atoms with Crippen LogP contribution in [0.25, 0.3) is 0 Å². The Morgan fingerprint density at radius 1 is 0.938 bits per heavy atom. The summed E-state index contributed by atoms with van der Waals surface area (Å²) in [6.45, 7) is 3.21. The first-order chi connectivity index (χ1) is 15.3. The van der Waals surface area contributed by atoms with Gasteiger partial charge in [0.15, 0.2) is 5.78 Å². The molecule has 0 aliphatic carbocycles. The van der Waals surface area contributed by atoms with E-state index in [0.29, 0.717) is 23.3 Å². The molecule has 0 saturated heterocycles. The Balaban J connectivity index is 1.32. The van der Waals surface area contributed by atoms with Gasteiger partial charge in [0.1, 0.15) is 24.6 Å². The van der Waals surface area contributed by atoms with E-state index in [2.05, 4.69) is 12.1 Å². The van der Waals surface area contributed by atoms with E-state index < -0.39 is 5.60 Å². The number of hydrogen-bond donors (Lipinski definition) is 1. The summed E-state index contributed by atoms with van der Waals surface area (Å²) in [5.41, 5.74) is 1.77. The fourth-order valence-corrected chi connectivity index (χ4v) is 4.63. The fraction of sp³-hybridized carbons (Fsp3) is 0.231. The molecule has 1 aliphatic rings. The monoisotopic (exact) mass is 448 g/mol. The highest BCUT2D eigenvalue weighted by molar-refractivity contribution is 7.99. The van der Waals surface area contributed by atoms with E-state index in [4.69, 9.17) is 9.47 Å². The molecule has 0 unspecified atom stereocenters. The zero-order valence-corrected chi connectivity index (χ0v) is 18.8. The summed E-state index contributed by atoms with van der Waals surface area (Å²) in [5.74, 6) is -0.167. The highest BCUT2D eigenvalue weighted by atomic mass is 32.2. The lowest BCUT2D eigenvalue weighted by atomic mass is 9.97. The average Bonchev–Trinajstić information content (AvgIpc) is 2.79. The van der Waals surface area contributed by atoms with Crippen molar-refractivity contribution in [2.75, 3.05) is 13.2 Å². The van der Waals surface area contributed by atoms with Gasteiger partial charge in [-0.2, -0.15) is 0 Å². The third kappa shape index (κ3) is 4.87. The minimum absolute atomic E-state index is 0.108. The Hall–Kier alpha value is -3.09. The molecule has 32 heavy (non-hydrogen) atoms. The van der Waals surface area contributed by atoms with Gasteiger partial charge in [0, 0.05) is 21.8 Å². The van der Waals surface area contributed by atoms with Gasteiger partial charge < -0.3 is 14.6 Å². The van der Waals surface area contributed by atoms with Gasteiger partial charge in [0.05, 0.1) is 5.56 Å². The lowest BCUT2D eigenvalue weighted by Crippen LogP contribution is -2.30. The van der Waals surface area contributed by atoms with Crippen molar-refractivity contribution in [3.05, 3.63) is 89.0 Å². The molecule has 5 nitrogen and oxygen atoms in total. The molecule has 0 spiro atoms. The molecule has 164 valence electrons. The standard InChI is InChI=1S/C26H24O5S/c1-26(2,29)24(27)17-10-12-19(13-11-17)30-14-15-31-25(28)20-7-5-9-23-21(20)16-18-6-3-4-8-22(18)32-23/h3-13,29H,14-16H2,1-2H3. The van der Waals surface area contributed by atoms with E-state index in [0.717, 1.165) is 10.5 Å². The van der Waals surface area contributed by atoms with Gasteiger partial charge in [-0.05, 0) is 67.4 Å². The fourth-order valence-electron chi connectivity index (χ4n) is 3.52. The van der Waals surface area contributed by atoms with E-state index in [-0.39, 0.29) is 25.0 Å². The number of fused-ring (bicyclic) bond motifs is 2. The van der Waals surface area contributed by atoms with Gasteiger partial charge in [0.2, 0.25) is 0 Å². The summed E-state index contributed by atoms with van der Waals surface area (Å²) >= 11 is 1.67. The number of aliphatic hydroxyl groups is 1. The molecule has 0 amide bonds. The lowest BCUT2D eigenvalue weighted by molar-refractivity contribution is 0.0448. The Kier molecular flexibility index (Phi) is 6.35. The molecule has 1 aliphatic heterocycles. The molecule has 3 aromatic carbocycles. The molecule has 1 N–H and O–H groups in total. The maximum Gasteiger partial charge on any atom is 0.338 e. The quantitative estimate of drug-likeness (QED) is 0.245. The number of esters is 1. The first-order valence-electron chi connectivity index (χ1n) is 10.4. The summed E-state index contributed by atoms with van der Waals surface area (Å²) in [7, 11) is 0. The molecule has 0 radical (unpaired) electrons. The number of hydrogen-bond acceptors (Lipinski definition) is 6. The molecule has 0 saturated carbocycles. The van der Waals surface area contributed by atoms with Gasteiger partial charge in [-0.15, -0.1) is 0 Å². The SMILES string of the molecule is CC(C)(O)C(=O)c1ccc(OCCOC(=O)c2cccc3c2Cc2ccccc2S3)cc1. The normalized spacial score (nSPS) is 12.5. The summed E-state index contributed by atoms with van der Waals surface area (Å²) < 4.78 is 11.1. The Morgan fingerprint density at radius 2 is 1.66 bits per heavy atom. The maximum atomic E-state index is 12.7. The zero-order valence-electron chi connectivity index (χ0n) is 18.0.